The Bertz CT molecular complexity index is 999. The van der Waals surface area contributed by atoms with Crippen molar-refractivity contribution in [3.05, 3.63) is 77.9 Å². The molecule has 0 aromatic heterocycles. The molecule has 0 bridgehead atoms. The van der Waals surface area contributed by atoms with Crippen LogP contribution in [0, 0.1) is 5.41 Å². The topological polar surface area (TPSA) is 55.6 Å². The minimum Gasteiger partial charge on any atom is -0.488 e. The van der Waals surface area contributed by atoms with Gasteiger partial charge in [0.25, 0.3) is 5.91 Å². The molecule has 4 nitrogen and oxygen atoms in total. The zero-order valence-electron chi connectivity index (χ0n) is 19.3. The predicted octanol–water partition coefficient (Wildman–Crippen LogP) is 6.07. The predicted molar refractivity (Wildman–Crippen MR) is 136 cm³/mol. The number of amides is 1. The summed E-state index contributed by atoms with van der Waals surface area (Å²) in [6, 6.07) is 22.0. The summed E-state index contributed by atoms with van der Waals surface area (Å²) in [6.45, 7) is 8.93. The highest BCUT2D eigenvalue weighted by molar-refractivity contribution is 6.01. The lowest BCUT2D eigenvalue weighted by Crippen LogP contribution is -2.35. The summed E-state index contributed by atoms with van der Waals surface area (Å²) in [4.78, 5) is 15.6. The highest BCUT2D eigenvalue weighted by atomic mass is 35.5. The Labute approximate surface area is 198 Å². The van der Waals surface area contributed by atoms with Crippen molar-refractivity contribution in [1.82, 2.24) is 4.90 Å². The summed E-state index contributed by atoms with van der Waals surface area (Å²) in [6.07, 6.45) is 1.71. The number of carbonyl (C=O) groups is 1. The van der Waals surface area contributed by atoms with E-state index in [1.54, 1.807) is 0 Å². The third-order valence-electron chi connectivity index (χ3n) is 5.37. The van der Waals surface area contributed by atoms with Crippen LogP contribution >= 0.6 is 12.4 Å². The fraction of sp³-hybridized carbons (Fsp3) is 0.370. The molecule has 0 unspecified atom stereocenters. The fourth-order valence-corrected chi connectivity index (χ4v) is 3.48. The molecule has 5 heteroatoms. The van der Waals surface area contributed by atoms with E-state index in [-0.39, 0.29) is 23.7 Å². The summed E-state index contributed by atoms with van der Waals surface area (Å²) in [5, 5.41) is 2.10. The molecule has 3 aromatic carbocycles. The second-order valence-electron chi connectivity index (χ2n) is 9.21. The van der Waals surface area contributed by atoms with Crippen LogP contribution in [0.5, 0.6) is 5.75 Å². The number of ether oxygens (including phenoxy) is 1. The number of halogens is 1. The van der Waals surface area contributed by atoms with Crippen molar-refractivity contribution in [2.45, 2.75) is 40.2 Å². The summed E-state index contributed by atoms with van der Waals surface area (Å²) in [5.74, 6) is 0.632. The summed E-state index contributed by atoms with van der Waals surface area (Å²) in [7, 11) is 0. The van der Waals surface area contributed by atoms with Gasteiger partial charge in [0.15, 0.2) is 0 Å². The van der Waals surface area contributed by atoms with Gasteiger partial charge in [-0.05, 0) is 53.3 Å². The van der Waals surface area contributed by atoms with Gasteiger partial charge in [-0.3, -0.25) is 4.79 Å². The minimum absolute atomic E-state index is 0. The lowest BCUT2D eigenvalue weighted by atomic mass is 9.92. The molecule has 0 radical (unpaired) electrons. The SMILES string of the molecule is CC(C)(C)CCN(CCCN)C(=O)c1cc2ccccc2cc1OCc1ccccc1.Cl. The molecule has 1 amide bonds. The van der Waals surface area contributed by atoms with E-state index in [1.807, 2.05) is 71.6 Å². The monoisotopic (exact) mass is 454 g/mol. The van der Waals surface area contributed by atoms with Gasteiger partial charge in [0.2, 0.25) is 0 Å². The van der Waals surface area contributed by atoms with E-state index in [4.69, 9.17) is 10.5 Å². The van der Waals surface area contributed by atoms with Gasteiger partial charge in [-0.15, -0.1) is 12.4 Å². The molecule has 3 rings (SSSR count). The molecule has 0 heterocycles. The molecule has 0 spiro atoms. The van der Waals surface area contributed by atoms with Gasteiger partial charge < -0.3 is 15.4 Å². The van der Waals surface area contributed by atoms with Gasteiger partial charge in [0.1, 0.15) is 12.4 Å². The number of hydrogen-bond acceptors (Lipinski definition) is 3. The van der Waals surface area contributed by atoms with E-state index in [0.717, 1.165) is 29.2 Å². The molecular formula is C27H35ClN2O2. The van der Waals surface area contributed by atoms with Crippen molar-refractivity contribution in [3.8, 4) is 5.75 Å². The quantitative estimate of drug-likeness (QED) is 0.427. The average molecular weight is 455 g/mol. The molecule has 0 aliphatic rings. The molecular weight excluding hydrogens is 420 g/mol. The molecule has 3 aromatic rings. The minimum atomic E-state index is 0. The second kappa shape index (κ2) is 11.9. The molecule has 0 aliphatic heterocycles. The van der Waals surface area contributed by atoms with Crippen molar-refractivity contribution >= 4 is 29.1 Å². The number of benzene rings is 3. The summed E-state index contributed by atoms with van der Waals surface area (Å²) >= 11 is 0. The molecule has 32 heavy (non-hydrogen) atoms. The Kier molecular flexibility index (Phi) is 9.55. The van der Waals surface area contributed by atoms with E-state index in [9.17, 15) is 4.79 Å². The van der Waals surface area contributed by atoms with Gasteiger partial charge in [-0.2, -0.15) is 0 Å². The first-order valence-corrected chi connectivity index (χ1v) is 11.1. The van der Waals surface area contributed by atoms with Crippen LogP contribution in [0.25, 0.3) is 10.8 Å². The van der Waals surface area contributed by atoms with E-state index < -0.39 is 0 Å². The van der Waals surface area contributed by atoms with Gasteiger partial charge in [0, 0.05) is 13.1 Å². The van der Waals surface area contributed by atoms with Gasteiger partial charge >= 0.3 is 0 Å². The van der Waals surface area contributed by atoms with Crippen molar-refractivity contribution in [2.75, 3.05) is 19.6 Å². The van der Waals surface area contributed by atoms with Gasteiger partial charge in [-0.25, -0.2) is 0 Å². The van der Waals surface area contributed by atoms with E-state index >= 15 is 0 Å². The normalized spacial score (nSPS) is 11.1. The summed E-state index contributed by atoms with van der Waals surface area (Å²) in [5.41, 5.74) is 7.58. The molecule has 0 saturated carbocycles. The van der Waals surface area contributed by atoms with Crippen LogP contribution in [-0.4, -0.2) is 30.4 Å². The van der Waals surface area contributed by atoms with Crippen LogP contribution in [0.15, 0.2) is 66.7 Å². The number of rotatable bonds is 9. The van der Waals surface area contributed by atoms with Gasteiger partial charge in [-0.1, -0.05) is 75.4 Å². The first kappa shape index (κ1) is 25.7. The Morgan fingerprint density at radius 2 is 1.56 bits per heavy atom. The molecule has 0 atom stereocenters. The Balaban J connectivity index is 0.00000363. The van der Waals surface area contributed by atoms with Crippen LogP contribution in [0.3, 0.4) is 0 Å². The molecule has 2 N–H and O–H groups in total. The first-order chi connectivity index (χ1) is 14.9. The van der Waals surface area contributed by atoms with E-state index in [1.165, 1.54) is 0 Å². The van der Waals surface area contributed by atoms with Crippen LogP contribution < -0.4 is 10.5 Å². The lowest BCUT2D eigenvalue weighted by molar-refractivity contribution is 0.0732. The number of hydrogen-bond donors (Lipinski definition) is 1. The maximum Gasteiger partial charge on any atom is 0.257 e. The van der Waals surface area contributed by atoms with Crippen LogP contribution in [0.4, 0.5) is 0 Å². The lowest BCUT2D eigenvalue weighted by Gasteiger charge is -2.28. The van der Waals surface area contributed by atoms with Crippen molar-refractivity contribution in [1.29, 1.82) is 0 Å². The van der Waals surface area contributed by atoms with Crippen molar-refractivity contribution in [2.24, 2.45) is 11.1 Å². The summed E-state index contributed by atoms with van der Waals surface area (Å²) < 4.78 is 6.18. The zero-order chi connectivity index (χ0) is 22.3. The van der Waals surface area contributed by atoms with Gasteiger partial charge in [0.05, 0.1) is 5.56 Å². The van der Waals surface area contributed by atoms with Crippen molar-refractivity contribution < 1.29 is 9.53 Å². The maximum atomic E-state index is 13.6. The Hall–Kier alpha value is -2.56. The Morgan fingerprint density at radius 1 is 0.938 bits per heavy atom. The van der Waals surface area contributed by atoms with Crippen molar-refractivity contribution in [3.63, 3.8) is 0 Å². The third kappa shape index (κ3) is 7.25. The number of nitrogens with two attached hydrogens (primary N) is 1. The zero-order valence-corrected chi connectivity index (χ0v) is 20.2. The smallest absolute Gasteiger partial charge is 0.257 e. The standard InChI is InChI=1S/C27H34N2O2.ClH/c1-27(2,3)14-17-29(16-9-15-28)26(30)24-18-22-12-7-8-13-23(22)19-25(24)31-20-21-10-5-4-6-11-21;/h4-8,10-13,18-19H,9,14-17,20,28H2,1-3H3;1H. The maximum absolute atomic E-state index is 13.6. The van der Waals surface area contributed by atoms with E-state index in [0.29, 0.717) is 37.6 Å². The number of carbonyl (C=O) groups excluding carboxylic acids is 1. The highest BCUT2D eigenvalue weighted by Crippen LogP contribution is 2.29. The fourth-order valence-electron chi connectivity index (χ4n) is 3.48. The largest absolute Gasteiger partial charge is 0.488 e. The third-order valence-corrected chi connectivity index (χ3v) is 5.37. The van der Waals surface area contributed by atoms with Crippen LogP contribution in [0.1, 0.15) is 49.5 Å². The highest BCUT2D eigenvalue weighted by Gasteiger charge is 2.22. The van der Waals surface area contributed by atoms with E-state index in [2.05, 4.69) is 20.8 Å². The average Bonchev–Trinajstić information content (AvgIpc) is 2.76. The number of nitrogens with zero attached hydrogens (tertiary/aromatic N) is 1. The first-order valence-electron chi connectivity index (χ1n) is 11.1. The Morgan fingerprint density at radius 3 is 2.19 bits per heavy atom. The van der Waals surface area contributed by atoms with Crippen LogP contribution in [0.2, 0.25) is 0 Å². The molecule has 0 fully saturated rings. The van der Waals surface area contributed by atoms with Crippen LogP contribution in [-0.2, 0) is 6.61 Å². The molecule has 0 saturated heterocycles. The second-order valence-corrected chi connectivity index (χ2v) is 9.21. The number of fused-ring (bicyclic) bond motifs is 1. The molecule has 172 valence electrons. The molecule has 0 aliphatic carbocycles.